The minimum Gasteiger partial charge on any atom is -0.392 e. The summed E-state index contributed by atoms with van der Waals surface area (Å²) in [6.07, 6.45) is -0.338. The summed E-state index contributed by atoms with van der Waals surface area (Å²) >= 11 is 0. The van der Waals surface area contributed by atoms with Gasteiger partial charge >= 0.3 is 10.4 Å². The zero-order valence-electron chi connectivity index (χ0n) is 9.84. The van der Waals surface area contributed by atoms with Crippen LogP contribution in [0, 0.1) is 0 Å². The lowest BCUT2D eigenvalue weighted by Crippen LogP contribution is -2.14. The van der Waals surface area contributed by atoms with Gasteiger partial charge in [0.15, 0.2) is 0 Å². The Bertz CT molecular complexity index is 201. The van der Waals surface area contributed by atoms with Crippen LogP contribution < -0.4 is 5.73 Å². The summed E-state index contributed by atoms with van der Waals surface area (Å²) in [6.45, 7) is 2.01. The second-order valence-corrected chi connectivity index (χ2v) is 4.21. The summed E-state index contributed by atoms with van der Waals surface area (Å²) in [6, 6.07) is 0. The average Bonchev–Trinajstić information content (AvgIpc) is 2.03. The summed E-state index contributed by atoms with van der Waals surface area (Å²) in [5, 5.41) is 8.24. The van der Waals surface area contributed by atoms with Crippen molar-refractivity contribution in [1.29, 1.82) is 0 Å². The second-order valence-electron chi connectivity index (χ2n) is 3.02. The molecule has 96 valence electrons. The maximum Gasteiger partial charge on any atom is 0.397 e. The molecule has 0 aromatic rings. The number of rotatable bonds is 2. The number of aliphatic hydroxyl groups is 1. The van der Waals surface area contributed by atoms with Gasteiger partial charge in [0.05, 0.1) is 13.2 Å². The van der Waals surface area contributed by atoms with E-state index >= 15 is 0 Å². The standard InChI is InChI=1S/C3H9NO.C3H9N.CH4O4S/c1-3(5)2-4;1-4(2)3;1-5-6(2,3)4/h3,5H,2,4H2,1H3;1-3H3;1H3,(H,2,3,4). The fraction of sp³-hybridized carbons (Fsp3) is 1.00. The fourth-order valence-corrected chi connectivity index (χ4v) is 0. The van der Waals surface area contributed by atoms with Crippen molar-refractivity contribution in [3.05, 3.63) is 0 Å². The molecule has 0 aromatic carbocycles. The van der Waals surface area contributed by atoms with Crippen LogP contribution in [0.2, 0.25) is 0 Å². The van der Waals surface area contributed by atoms with Crippen LogP contribution in [0.25, 0.3) is 0 Å². The van der Waals surface area contributed by atoms with Crippen molar-refractivity contribution in [2.24, 2.45) is 5.73 Å². The molecule has 0 aromatic heterocycles. The first-order chi connectivity index (χ1) is 6.56. The third-order valence-electron chi connectivity index (χ3n) is 0.552. The highest BCUT2D eigenvalue weighted by molar-refractivity contribution is 7.80. The summed E-state index contributed by atoms with van der Waals surface area (Å²) in [5.74, 6) is 0. The molecule has 0 amide bonds. The van der Waals surface area contributed by atoms with Gasteiger partial charge in [0, 0.05) is 6.54 Å². The Hall–Kier alpha value is -0.250. The summed E-state index contributed by atoms with van der Waals surface area (Å²) in [7, 11) is 2.71. The zero-order chi connectivity index (χ0) is 13.1. The van der Waals surface area contributed by atoms with Crippen molar-refractivity contribution in [1.82, 2.24) is 4.90 Å². The summed E-state index contributed by atoms with van der Waals surface area (Å²) < 4.78 is 29.7. The van der Waals surface area contributed by atoms with E-state index in [1.54, 1.807) is 6.92 Å². The quantitative estimate of drug-likeness (QED) is 0.532. The lowest BCUT2D eigenvalue weighted by atomic mass is 10.4. The van der Waals surface area contributed by atoms with E-state index in [2.05, 4.69) is 4.18 Å². The van der Waals surface area contributed by atoms with Gasteiger partial charge in [-0.1, -0.05) is 0 Å². The van der Waals surface area contributed by atoms with Gasteiger partial charge in [-0.25, -0.2) is 0 Å². The van der Waals surface area contributed by atoms with Crippen LogP contribution in [0.4, 0.5) is 0 Å². The molecule has 15 heavy (non-hydrogen) atoms. The number of nitrogens with two attached hydrogens (primary N) is 1. The van der Waals surface area contributed by atoms with Crippen molar-refractivity contribution >= 4 is 10.4 Å². The monoisotopic (exact) mass is 246 g/mol. The molecule has 0 bridgehead atoms. The highest BCUT2D eigenvalue weighted by atomic mass is 32.3. The van der Waals surface area contributed by atoms with E-state index in [1.165, 1.54) is 0 Å². The normalized spacial score (nSPS) is 12.1. The van der Waals surface area contributed by atoms with Crippen molar-refractivity contribution in [3.63, 3.8) is 0 Å². The smallest absolute Gasteiger partial charge is 0.392 e. The minimum absolute atomic E-state index is 0.338. The molecule has 0 rings (SSSR count). The predicted molar refractivity (Wildman–Crippen MR) is 58.9 cm³/mol. The fourth-order valence-electron chi connectivity index (χ4n) is 0. The molecule has 0 saturated heterocycles. The van der Waals surface area contributed by atoms with Crippen LogP contribution in [0.15, 0.2) is 0 Å². The van der Waals surface area contributed by atoms with Gasteiger partial charge in [0.1, 0.15) is 0 Å². The van der Waals surface area contributed by atoms with Crippen molar-refractivity contribution in [3.8, 4) is 0 Å². The lowest BCUT2D eigenvalue weighted by Gasteiger charge is -1.91. The van der Waals surface area contributed by atoms with Gasteiger partial charge < -0.3 is 15.7 Å². The topological polar surface area (TPSA) is 113 Å². The van der Waals surface area contributed by atoms with E-state index in [0.717, 1.165) is 7.11 Å². The second kappa shape index (κ2) is 11.8. The van der Waals surface area contributed by atoms with Crippen molar-refractivity contribution < 1.29 is 22.3 Å². The maximum atomic E-state index is 9.33. The van der Waals surface area contributed by atoms with E-state index in [9.17, 15) is 8.42 Å². The molecule has 8 heteroatoms. The highest BCUT2D eigenvalue weighted by Gasteiger charge is 1.94. The van der Waals surface area contributed by atoms with E-state index in [1.807, 2.05) is 26.0 Å². The van der Waals surface area contributed by atoms with E-state index < -0.39 is 10.4 Å². The van der Waals surface area contributed by atoms with E-state index in [4.69, 9.17) is 15.4 Å². The minimum atomic E-state index is -4.16. The Balaban J connectivity index is -0.000000147. The zero-order valence-corrected chi connectivity index (χ0v) is 10.7. The molecule has 4 N–H and O–H groups in total. The van der Waals surface area contributed by atoms with Crippen LogP contribution in [-0.2, 0) is 14.6 Å². The molecule has 1 unspecified atom stereocenters. The molecular formula is C7H22N2O5S. The Morgan fingerprint density at radius 1 is 1.40 bits per heavy atom. The largest absolute Gasteiger partial charge is 0.397 e. The van der Waals surface area contributed by atoms with E-state index in [0.29, 0.717) is 6.54 Å². The van der Waals surface area contributed by atoms with Gasteiger partial charge in [-0.15, -0.1) is 0 Å². The van der Waals surface area contributed by atoms with Gasteiger partial charge in [0.25, 0.3) is 0 Å². The van der Waals surface area contributed by atoms with Gasteiger partial charge in [-0.3, -0.25) is 8.74 Å². The molecule has 0 aliphatic heterocycles. The molecule has 0 fully saturated rings. The average molecular weight is 246 g/mol. The third kappa shape index (κ3) is 84.1. The van der Waals surface area contributed by atoms with Gasteiger partial charge in [-0.05, 0) is 28.1 Å². The van der Waals surface area contributed by atoms with Crippen molar-refractivity contribution in [2.45, 2.75) is 13.0 Å². The molecule has 0 heterocycles. The molecule has 0 saturated carbocycles. The molecule has 7 nitrogen and oxygen atoms in total. The van der Waals surface area contributed by atoms with Crippen LogP contribution in [-0.4, -0.2) is 63.9 Å². The Kier molecular flexibility index (Phi) is 15.9. The number of hydrogen-bond acceptors (Lipinski definition) is 6. The summed E-state index contributed by atoms with van der Waals surface area (Å²) in [5.41, 5.74) is 4.92. The van der Waals surface area contributed by atoms with Crippen LogP contribution >= 0.6 is 0 Å². The van der Waals surface area contributed by atoms with E-state index in [-0.39, 0.29) is 6.10 Å². The van der Waals surface area contributed by atoms with Gasteiger partial charge in [0.2, 0.25) is 0 Å². The van der Waals surface area contributed by atoms with Crippen LogP contribution in [0.1, 0.15) is 6.92 Å². The molecular weight excluding hydrogens is 224 g/mol. The molecule has 0 spiro atoms. The number of hydrogen-bond donors (Lipinski definition) is 3. The number of nitrogens with zero attached hydrogens (tertiary/aromatic N) is 1. The Morgan fingerprint density at radius 2 is 1.53 bits per heavy atom. The van der Waals surface area contributed by atoms with Crippen molar-refractivity contribution in [2.75, 3.05) is 34.8 Å². The Labute approximate surface area is 91.8 Å². The third-order valence-corrected chi connectivity index (χ3v) is 0.973. The van der Waals surface area contributed by atoms with Gasteiger partial charge in [-0.2, -0.15) is 8.42 Å². The molecule has 0 aliphatic rings. The molecule has 0 radical (unpaired) electrons. The molecule has 1 atom stereocenters. The lowest BCUT2D eigenvalue weighted by molar-refractivity contribution is 0.203. The highest BCUT2D eigenvalue weighted by Crippen LogP contribution is 1.74. The van der Waals surface area contributed by atoms with Crippen LogP contribution in [0.5, 0.6) is 0 Å². The number of aliphatic hydroxyl groups excluding tert-OH is 1. The molecule has 0 aliphatic carbocycles. The first-order valence-corrected chi connectivity index (χ1v) is 5.45. The Morgan fingerprint density at radius 3 is 1.53 bits per heavy atom. The SMILES string of the molecule is CC(O)CN.CN(C)C.COS(=O)(=O)O. The first-order valence-electron chi connectivity index (χ1n) is 4.08. The predicted octanol–water partition coefficient (Wildman–Crippen LogP) is -1.06. The first kappa shape index (κ1) is 20.2. The maximum absolute atomic E-state index is 9.33. The summed E-state index contributed by atoms with van der Waals surface area (Å²) in [4.78, 5) is 2.00. The van der Waals surface area contributed by atoms with Crippen LogP contribution in [0.3, 0.4) is 0 Å².